The predicted octanol–water partition coefficient (Wildman–Crippen LogP) is 1.62. The van der Waals surface area contributed by atoms with E-state index in [0.29, 0.717) is 30.1 Å². The molecule has 0 spiro atoms. The number of aryl methyl sites for hydroxylation is 1. The first-order chi connectivity index (χ1) is 11.0. The second-order valence-electron chi connectivity index (χ2n) is 4.86. The van der Waals surface area contributed by atoms with Gasteiger partial charge in [0.2, 0.25) is 11.7 Å². The van der Waals surface area contributed by atoms with Crippen LogP contribution in [0.2, 0.25) is 0 Å². The summed E-state index contributed by atoms with van der Waals surface area (Å²) in [6.07, 6.45) is 0.877. The maximum atomic E-state index is 11.9. The second-order valence-corrected chi connectivity index (χ2v) is 4.86. The lowest BCUT2D eigenvalue weighted by Crippen LogP contribution is -2.40. The highest BCUT2D eigenvalue weighted by Crippen LogP contribution is 2.40. The van der Waals surface area contributed by atoms with Crippen molar-refractivity contribution in [1.29, 1.82) is 0 Å². The Morgan fingerprint density at radius 1 is 1.13 bits per heavy atom. The molecule has 1 aromatic rings. The first kappa shape index (κ1) is 18.6. The molecule has 0 aliphatic carbocycles. The number of hydrogen-bond acceptors (Lipinski definition) is 5. The fraction of sp³-hybridized carbons (Fsp3) is 0.500. The van der Waals surface area contributed by atoms with Gasteiger partial charge in [-0.2, -0.15) is 0 Å². The van der Waals surface area contributed by atoms with Crippen LogP contribution in [0.15, 0.2) is 12.1 Å². The first-order valence-corrected chi connectivity index (χ1v) is 7.28. The van der Waals surface area contributed by atoms with Gasteiger partial charge in [-0.15, -0.1) is 0 Å². The molecule has 1 aromatic carbocycles. The summed E-state index contributed by atoms with van der Waals surface area (Å²) in [6.45, 7) is 1.70. The van der Waals surface area contributed by atoms with Crippen molar-refractivity contribution >= 4 is 11.9 Å². The molecule has 0 fully saturated rings. The molecule has 0 aliphatic rings. The van der Waals surface area contributed by atoms with Crippen molar-refractivity contribution in [2.45, 2.75) is 32.2 Å². The molecule has 23 heavy (non-hydrogen) atoms. The Morgan fingerprint density at radius 3 is 2.26 bits per heavy atom. The van der Waals surface area contributed by atoms with Gasteiger partial charge in [-0.3, -0.25) is 4.79 Å². The molecule has 0 aliphatic heterocycles. The monoisotopic (exact) mass is 325 g/mol. The Hall–Kier alpha value is -2.44. The van der Waals surface area contributed by atoms with Gasteiger partial charge in [0.1, 0.15) is 6.04 Å². The number of ether oxygens (including phenoxy) is 3. The molecule has 7 heteroatoms. The fourth-order valence-electron chi connectivity index (χ4n) is 2.21. The zero-order valence-corrected chi connectivity index (χ0v) is 13.8. The summed E-state index contributed by atoms with van der Waals surface area (Å²) < 4.78 is 15.8. The van der Waals surface area contributed by atoms with E-state index in [2.05, 4.69) is 5.32 Å². The Kier molecular flexibility index (Phi) is 7.18. The minimum atomic E-state index is -1.04. The van der Waals surface area contributed by atoms with E-state index in [9.17, 15) is 9.59 Å². The van der Waals surface area contributed by atoms with Crippen LogP contribution in [0.1, 0.15) is 25.3 Å². The van der Waals surface area contributed by atoms with Crippen molar-refractivity contribution in [1.82, 2.24) is 5.32 Å². The van der Waals surface area contributed by atoms with Crippen LogP contribution in [0.25, 0.3) is 0 Å². The van der Waals surface area contributed by atoms with Gasteiger partial charge in [0, 0.05) is 6.42 Å². The summed E-state index contributed by atoms with van der Waals surface area (Å²) in [4.78, 5) is 22.8. The molecule has 1 amide bonds. The lowest BCUT2D eigenvalue weighted by atomic mass is 10.1. The summed E-state index contributed by atoms with van der Waals surface area (Å²) in [5, 5.41) is 11.4. The van der Waals surface area contributed by atoms with Gasteiger partial charge < -0.3 is 24.6 Å². The topological polar surface area (TPSA) is 94.1 Å². The number of carboxylic acids is 1. The number of rotatable bonds is 9. The van der Waals surface area contributed by atoms with Crippen LogP contribution >= 0.6 is 0 Å². The number of carbonyl (C=O) groups excluding carboxylic acids is 1. The van der Waals surface area contributed by atoms with Gasteiger partial charge in [0.15, 0.2) is 11.5 Å². The Bertz CT molecular complexity index is 558. The van der Waals surface area contributed by atoms with Crippen LogP contribution in [0, 0.1) is 0 Å². The second kappa shape index (κ2) is 8.87. The number of hydrogen-bond donors (Lipinski definition) is 2. The smallest absolute Gasteiger partial charge is 0.326 e. The largest absolute Gasteiger partial charge is 0.493 e. The number of aliphatic carboxylic acids is 1. The molecule has 7 nitrogen and oxygen atoms in total. The number of amides is 1. The molecule has 0 saturated carbocycles. The van der Waals surface area contributed by atoms with Gasteiger partial charge in [0.25, 0.3) is 0 Å². The highest BCUT2D eigenvalue weighted by atomic mass is 16.5. The first-order valence-electron chi connectivity index (χ1n) is 7.28. The van der Waals surface area contributed by atoms with Crippen LogP contribution < -0.4 is 19.5 Å². The molecule has 0 saturated heterocycles. The van der Waals surface area contributed by atoms with E-state index >= 15 is 0 Å². The van der Waals surface area contributed by atoms with E-state index in [1.807, 2.05) is 0 Å². The lowest BCUT2D eigenvalue weighted by molar-refractivity contribution is -0.141. The van der Waals surface area contributed by atoms with Crippen LogP contribution in [-0.4, -0.2) is 44.4 Å². The average molecular weight is 325 g/mol. The third-order valence-electron chi connectivity index (χ3n) is 3.45. The standard InChI is InChI=1S/C16H23NO6/c1-5-11(16(19)20)17-13(18)9-7-10-6-8-12(21-2)15(23-4)14(10)22-3/h6,8,11H,5,7,9H2,1-4H3,(H,17,18)(H,19,20). The molecular formula is C16H23NO6. The predicted molar refractivity (Wildman–Crippen MR) is 84.3 cm³/mol. The van der Waals surface area contributed by atoms with E-state index in [0.717, 1.165) is 5.56 Å². The van der Waals surface area contributed by atoms with Crippen LogP contribution in [0.4, 0.5) is 0 Å². The molecule has 128 valence electrons. The molecular weight excluding hydrogens is 302 g/mol. The minimum Gasteiger partial charge on any atom is -0.493 e. The zero-order valence-electron chi connectivity index (χ0n) is 13.8. The molecule has 1 atom stereocenters. The van der Waals surface area contributed by atoms with Crippen molar-refractivity contribution < 1.29 is 28.9 Å². The van der Waals surface area contributed by atoms with Gasteiger partial charge in [0.05, 0.1) is 21.3 Å². The van der Waals surface area contributed by atoms with Crippen molar-refractivity contribution in [2.24, 2.45) is 0 Å². The van der Waals surface area contributed by atoms with Crippen molar-refractivity contribution in [3.63, 3.8) is 0 Å². The van der Waals surface area contributed by atoms with Gasteiger partial charge in [-0.25, -0.2) is 4.79 Å². The summed E-state index contributed by atoms with van der Waals surface area (Å²) in [6, 6.07) is 2.66. The van der Waals surface area contributed by atoms with Crippen LogP contribution in [0.5, 0.6) is 17.2 Å². The number of carboxylic acid groups (broad SMARTS) is 1. The van der Waals surface area contributed by atoms with E-state index in [4.69, 9.17) is 19.3 Å². The fourth-order valence-corrected chi connectivity index (χ4v) is 2.21. The van der Waals surface area contributed by atoms with Gasteiger partial charge >= 0.3 is 5.97 Å². The van der Waals surface area contributed by atoms with E-state index in [1.165, 1.54) is 21.3 Å². The van der Waals surface area contributed by atoms with Crippen molar-refractivity contribution in [2.75, 3.05) is 21.3 Å². The van der Waals surface area contributed by atoms with Crippen LogP contribution in [-0.2, 0) is 16.0 Å². The van der Waals surface area contributed by atoms with Crippen LogP contribution in [0.3, 0.4) is 0 Å². The molecule has 1 unspecified atom stereocenters. The van der Waals surface area contributed by atoms with Gasteiger partial charge in [-0.1, -0.05) is 13.0 Å². The van der Waals surface area contributed by atoms with E-state index in [1.54, 1.807) is 19.1 Å². The maximum absolute atomic E-state index is 11.9. The Labute approximate surface area is 135 Å². The Morgan fingerprint density at radius 2 is 1.78 bits per heavy atom. The number of nitrogens with one attached hydrogen (secondary N) is 1. The Balaban J connectivity index is 2.81. The summed E-state index contributed by atoms with van der Waals surface area (Å²) >= 11 is 0. The summed E-state index contributed by atoms with van der Waals surface area (Å²) in [5.74, 6) is 0.143. The van der Waals surface area contributed by atoms with E-state index < -0.39 is 12.0 Å². The number of carbonyl (C=O) groups is 2. The molecule has 0 heterocycles. The quantitative estimate of drug-likeness (QED) is 0.716. The average Bonchev–Trinajstić information content (AvgIpc) is 2.56. The summed E-state index contributed by atoms with van der Waals surface area (Å²) in [5.41, 5.74) is 0.781. The van der Waals surface area contributed by atoms with Crippen molar-refractivity contribution in [3.8, 4) is 17.2 Å². The van der Waals surface area contributed by atoms with E-state index in [-0.39, 0.29) is 12.3 Å². The highest BCUT2D eigenvalue weighted by Gasteiger charge is 2.19. The SMILES string of the molecule is CCC(NC(=O)CCc1ccc(OC)c(OC)c1OC)C(=O)O. The normalized spacial score (nSPS) is 11.5. The molecule has 0 aromatic heterocycles. The molecule has 0 radical (unpaired) electrons. The number of methoxy groups -OCH3 is 3. The molecule has 1 rings (SSSR count). The zero-order chi connectivity index (χ0) is 17.4. The maximum Gasteiger partial charge on any atom is 0.326 e. The van der Waals surface area contributed by atoms with Crippen molar-refractivity contribution in [3.05, 3.63) is 17.7 Å². The number of benzene rings is 1. The summed E-state index contributed by atoms with van der Waals surface area (Å²) in [7, 11) is 4.55. The molecule has 0 bridgehead atoms. The third-order valence-corrected chi connectivity index (χ3v) is 3.45. The third kappa shape index (κ3) is 4.77. The lowest BCUT2D eigenvalue weighted by Gasteiger charge is -2.16. The molecule has 2 N–H and O–H groups in total. The van der Waals surface area contributed by atoms with Gasteiger partial charge in [-0.05, 0) is 24.5 Å². The highest BCUT2D eigenvalue weighted by molar-refractivity contribution is 5.83. The minimum absolute atomic E-state index is 0.148.